The molecule has 1 atom stereocenters. The van der Waals surface area contributed by atoms with Crippen LogP contribution in [0.4, 0.5) is 0 Å². The highest BCUT2D eigenvalue weighted by molar-refractivity contribution is 5.97. The Balaban J connectivity index is 1.89. The summed E-state index contributed by atoms with van der Waals surface area (Å²) in [4.78, 5) is 23.6. The second-order valence-corrected chi connectivity index (χ2v) is 5.75. The summed E-state index contributed by atoms with van der Waals surface area (Å²) >= 11 is 0. The van der Waals surface area contributed by atoms with Crippen LogP contribution in [0.1, 0.15) is 35.1 Å². The molecular formula is C17H21N3O2. The lowest BCUT2D eigenvalue weighted by Gasteiger charge is -2.32. The van der Waals surface area contributed by atoms with Gasteiger partial charge in [-0.2, -0.15) is 0 Å². The molecule has 1 amide bonds. The number of carbonyl (C=O) groups excluding carboxylic acids is 1. The number of aromatic nitrogens is 2. The number of fused-ring (bicyclic) bond motifs is 1. The summed E-state index contributed by atoms with van der Waals surface area (Å²) in [5, 5.41) is 0. The van der Waals surface area contributed by atoms with Crippen molar-refractivity contribution in [3.05, 3.63) is 35.2 Å². The van der Waals surface area contributed by atoms with Crippen LogP contribution in [0.5, 0.6) is 0 Å². The van der Waals surface area contributed by atoms with Crippen LogP contribution in [0.2, 0.25) is 0 Å². The van der Waals surface area contributed by atoms with Crippen LogP contribution in [-0.4, -0.2) is 46.6 Å². The number of amides is 1. The molecule has 0 spiro atoms. The molecule has 0 N–H and O–H groups in total. The molecule has 1 aliphatic rings. The van der Waals surface area contributed by atoms with Crippen molar-refractivity contribution >= 4 is 16.9 Å². The second-order valence-electron chi connectivity index (χ2n) is 5.75. The summed E-state index contributed by atoms with van der Waals surface area (Å²) in [6.07, 6.45) is 1.06. The lowest BCUT2D eigenvalue weighted by molar-refractivity contribution is -0.0226. The Kier molecular flexibility index (Phi) is 4.07. The van der Waals surface area contributed by atoms with E-state index in [2.05, 4.69) is 16.9 Å². The van der Waals surface area contributed by atoms with E-state index in [1.165, 1.54) is 0 Å². The molecule has 1 aliphatic heterocycles. The van der Waals surface area contributed by atoms with Crippen LogP contribution in [0.3, 0.4) is 0 Å². The number of ether oxygens (including phenoxy) is 1. The Labute approximate surface area is 130 Å². The predicted octanol–water partition coefficient (Wildman–Crippen LogP) is 2.50. The van der Waals surface area contributed by atoms with Gasteiger partial charge in [0.05, 0.1) is 35.1 Å². The first-order valence-corrected chi connectivity index (χ1v) is 7.74. The highest BCUT2D eigenvalue weighted by Gasteiger charge is 2.24. The zero-order chi connectivity index (χ0) is 15.7. The summed E-state index contributed by atoms with van der Waals surface area (Å²) in [6.45, 7) is 7.87. The summed E-state index contributed by atoms with van der Waals surface area (Å²) in [5.74, 6) is 0.0451. The third-order valence-corrected chi connectivity index (χ3v) is 4.20. The van der Waals surface area contributed by atoms with Gasteiger partial charge in [-0.1, -0.05) is 6.92 Å². The second kappa shape index (κ2) is 6.01. The largest absolute Gasteiger partial charge is 0.375 e. The molecule has 1 aromatic heterocycles. The standard InChI is InChI=1S/C17H21N3O2/c1-4-14-10-20(7-8-22-14)17(21)13-5-6-15-16(9-13)19-12(3)11(2)18-15/h5-6,9,14H,4,7-8,10H2,1-3H3/t14-/m0/s1. The summed E-state index contributed by atoms with van der Waals surface area (Å²) in [6, 6.07) is 5.55. The van der Waals surface area contributed by atoms with Crippen LogP contribution in [0.25, 0.3) is 11.0 Å². The summed E-state index contributed by atoms with van der Waals surface area (Å²) < 4.78 is 5.63. The molecule has 3 rings (SSSR count). The number of morpholine rings is 1. The fraction of sp³-hybridized carbons (Fsp3) is 0.471. The van der Waals surface area contributed by atoms with Gasteiger partial charge in [-0.05, 0) is 38.5 Å². The van der Waals surface area contributed by atoms with Crippen molar-refractivity contribution < 1.29 is 9.53 Å². The molecule has 5 nitrogen and oxygen atoms in total. The number of nitrogens with zero attached hydrogens (tertiary/aromatic N) is 3. The molecule has 0 saturated carbocycles. The molecule has 1 fully saturated rings. The van der Waals surface area contributed by atoms with Crippen LogP contribution in [0, 0.1) is 13.8 Å². The van der Waals surface area contributed by atoms with Gasteiger partial charge in [0.2, 0.25) is 0 Å². The number of aryl methyl sites for hydroxylation is 2. The lowest BCUT2D eigenvalue weighted by atomic mass is 10.1. The van der Waals surface area contributed by atoms with Crippen molar-refractivity contribution in [3.8, 4) is 0 Å². The molecule has 1 saturated heterocycles. The van der Waals surface area contributed by atoms with Gasteiger partial charge < -0.3 is 9.64 Å². The summed E-state index contributed by atoms with van der Waals surface area (Å²) in [7, 11) is 0. The van der Waals surface area contributed by atoms with E-state index in [1.807, 2.05) is 36.9 Å². The van der Waals surface area contributed by atoms with Crippen molar-refractivity contribution in [2.24, 2.45) is 0 Å². The van der Waals surface area contributed by atoms with Crippen molar-refractivity contribution in [1.29, 1.82) is 0 Å². The quantitative estimate of drug-likeness (QED) is 0.855. The van der Waals surface area contributed by atoms with E-state index >= 15 is 0 Å². The molecule has 116 valence electrons. The smallest absolute Gasteiger partial charge is 0.254 e. The van der Waals surface area contributed by atoms with Gasteiger partial charge in [0.15, 0.2) is 0 Å². The van der Waals surface area contributed by atoms with Gasteiger partial charge in [-0.15, -0.1) is 0 Å². The maximum Gasteiger partial charge on any atom is 0.254 e. The van der Waals surface area contributed by atoms with Crippen molar-refractivity contribution in [1.82, 2.24) is 14.9 Å². The fourth-order valence-electron chi connectivity index (χ4n) is 2.70. The molecule has 0 bridgehead atoms. The van der Waals surface area contributed by atoms with E-state index in [9.17, 15) is 4.79 Å². The van der Waals surface area contributed by atoms with Gasteiger partial charge >= 0.3 is 0 Å². The first-order chi connectivity index (χ1) is 10.6. The minimum atomic E-state index is 0.0451. The van der Waals surface area contributed by atoms with Crippen LogP contribution in [-0.2, 0) is 4.74 Å². The Morgan fingerprint density at radius 2 is 2.00 bits per heavy atom. The average Bonchev–Trinajstić information content (AvgIpc) is 2.55. The van der Waals surface area contributed by atoms with Gasteiger partial charge in [-0.25, -0.2) is 9.97 Å². The van der Waals surface area contributed by atoms with Gasteiger partial charge in [0, 0.05) is 18.7 Å². The highest BCUT2D eigenvalue weighted by Crippen LogP contribution is 2.17. The third-order valence-electron chi connectivity index (χ3n) is 4.20. The molecule has 22 heavy (non-hydrogen) atoms. The Morgan fingerprint density at radius 3 is 2.73 bits per heavy atom. The first kappa shape index (κ1) is 14.9. The van der Waals surface area contributed by atoms with Crippen LogP contribution in [0.15, 0.2) is 18.2 Å². The number of hydrogen-bond donors (Lipinski definition) is 0. The van der Waals surface area contributed by atoms with Gasteiger partial charge in [-0.3, -0.25) is 4.79 Å². The van der Waals surface area contributed by atoms with E-state index in [4.69, 9.17) is 4.74 Å². The number of rotatable bonds is 2. The van der Waals surface area contributed by atoms with Crippen LogP contribution < -0.4 is 0 Å². The SMILES string of the molecule is CC[C@H]1CN(C(=O)c2ccc3nc(C)c(C)nc3c2)CCO1. The van der Waals surface area contributed by atoms with Crippen LogP contribution >= 0.6 is 0 Å². The molecule has 5 heteroatoms. The molecular weight excluding hydrogens is 278 g/mol. The molecule has 0 aliphatic carbocycles. The Morgan fingerprint density at radius 1 is 1.27 bits per heavy atom. The fourth-order valence-corrected chi connectivity index (χ4v) is 2.70. The van der Waals surface area contributed by atoms with Crippen molar-refractivity contribution in [3.63, 3.8) is 0 Å². The third kappa shape index (κ3) is 2.81. The molecule has 0 unspecified atom stereocenters. The molecule has 0 radical (unpaired) electrons. The topological polar surface area (TPSA) is 55.3 Å². The Bertz CT molecular complexity index is 714. The van der Waals surface area contributed by atoms with E-state index < -0.39 is 0 Å². The van der Waals surface area contributed by atoms with E-state index in [0.29, 0.717) is 25.3 Å². The maximum absolute atomic E-state index is 12.7. The Hall–Kier alpha value is -2.01. The maximum atomic E-state index is 12.7. The predicted molar refractivity (Wildman–Crippen MR) is 84.9 cm³/mol. The molecule has 2 heterocycles. The van der Waals surface area contributed by atoms with E-state index in [0.717, 1.165) is 28.8 Å². The number of hydrogen-bond acceptors (Lipinski definition) is 4. The van der Waals surface area contributed by atoms with Crippen molar-refractivity contribution in [2.45, 2.75) is 33.3 Å². The minimum Gasteiger partial charge on any atom is -0.375 e. The zero-order valence-corrected chi connectivity index (χ0v) is 13.3. The number of carbonyl (C=O) groups is 1. The number of benzene rings is 1. The normalized spacial score (nSPS) is 18.7. The van der Waals surface area contributed by atoms with E-state index in [-0.39, 0.29) is 12.0 Å². The zero-order valence-electron chi connectivity index (χ0n) is 13.3. The monoisotopic (exact) mass is 299 g/mol. The van der Waals surface area contributed by atoms with Gasteiger partial charge in [0.25, 0.3) is 5.91 Å². The minimum absolute atomic E-state index is 0.0451. The van der Waals surface area contributed by atoms with Gasteiger partial charge in [0.1, 0.15) is 0 Å². The highest BCUT2D eigenvalue weighted by atomic mass is 16.5. The average molecular weight is 299 g/mol. The van der Waals surface area contributed by atoms with Crippen molar-refractivity contribution in [2.75, 3.05) is 19.7 Å². The molecule has 1 aromatic carbocycles. The summed E-state index contributed by atoms with van der Waals surface area (Å²) in [5.41, 5.74) is 4.09. The molecule has 2 aromatic rings. The van der Waals surface area contributed by atoms with E-state index in [1.54, 1.807) is 0 Å². The first-order valence-electron chi connectivity index (χ1n) is 7.74. The lowest BCUT2D eigenvalue weighted by Crippen LogP contribution is -2.45.